The number of hydrogen-bond donors (Lipinski definition) is 0. The lowest BCUT2D eigenvalue weighted by Gasteiger charge is -2.26. The van der Waals surface area contributed by atoms with E-state index in [1.807, 2.05) is 0 Å². The van der Waals surface area contributed by atoms with Crippen molar-refractivity contribution in [3.63, 3.8) is 0 Å². The molecule has 1 aromatic rings. The molecular formula is C13H21N. The highest BCUT2D eigenvalue weighted by molar-refractivity contribution is 5.42. The van der Waals surface area contributed by atoms with Gasteiger partial charge in [-0.1, -0.05) is 20.8 Å². The Labute approximate surface area is 87.6 Å². The first-order valence-electron chi connectivity index (χ1n) is 5.20. The highest BCUT2D eigenvalue weighted by Crippen LogP contribution is 2.30. The van der Waals surface area contributed by atoms with Crippen LogP contribution in [0.2, 0.25) is 0 Å². The van der Waals surface area contributed by atoms with E-state index in [-0.39, 0.29) is 5.41 Å². The summed E-state index contributed by atoms with van der Waals surface area (Å²) in [4.78, 5) is 4.55. The van der Waals surface area contributed by atoms with E-state index in [0.717, 1.165) is 11.4 Å². The van der Waals surface area contributed by atoms with Crippen molar-refractivity contribution < 1.29 is 0 Å². The molecule has 0 spiro atoms. The van der Waals surface area contributed by atoms with Crippen molar-refractivity contribution >= 4 is 0 Å². The molecular weight excluding hydrogens is 170 g/mol. The monoisotopic (exact) mass is 191 g/mol. The molecule has 0 aromatic carbocycles. The summed E-state index contributed by atoms with van der Waals surface area (Å²) in [7, 11) is 0. The third-order valence-electron chi connectivity index (χ3n) is 2.92. The predicted molar refractivity (Wildman–Crippen MR) is 61.9 cm³/mol. The van der Waals surface area contributed by atoms with E-state index < -0.39 is 0 Å². The van der Waals surface area contributed by atoms with Crippen molar-refractivity contribution in [3.05, 3.63) is 28.1 Å². The molecule has 0 unspecified atom stereocenters. The van der Waals surface area contributed by atoms with Crippen LogP contribution in [0.15, 0.2) is 0 Å². The Morgan fingerprint density at radius 2 is 1.14 bits per heavy atom. The van der Waals surface area contributed by atoms with Crippen molar-refractivity contribution in [3.8, 4) is 0 Å². The normalized spacial score (nSPS) is 11.9. The first-order valence-corrected chi connectivity index (χ1v) is 5.20. The van der Waals surface area contributed by atoms with Gasteiger partial charge in [-0.15, -0.1) is 0 Å². The van der Waals surface area contributed by atoms with Crippen molar-refractivity contribution in [1.29, 1.82) is 0 Å². The number of aryl methyl sites for hydroxylation is 2. The molecule has 1 aromatic heterocycles. The lowest BCUT2D eigenvalue weighted by molar-refractivity contribution is 0.578. The maximum atomic E-state index is 4.55. The zero-order valence-electron chi connectivity index (χ0n) is 10.4. The van der Waals surface area contributed by atoms with Gasteiger partial charge in [-0.05, 0) is 49.8 Å². The first kappa shape index (κ1) is 11.2. The Morgan fingerprint density at radius 1 is 0.786 bits per heavy atom. The average Bonchev–Trinajstić information content (AvgIpc) is 1.98. The van der Waals surface area contributed by atoms with E-state index >= 15 is 0 Å². The highest BCUT2D eigenvalue weighted by atomic mass is 14.7. The largest absolute Gasteiger partial charge is 0.258 e. The molecule has 0 aliphatic rings. The van der Waals surface area contributed by atoms with Gasteiger partial charge in [-0.3, -0.25) is 4.98 Å². The van der Waals surface area contributed by atoms with Crippen molar-refractivity contribution in [2.24, 2.45) is 0 Å². The second kappa shape index (κ2) is 3.38. The molecule has 0 atom stereocenters. The molecule has 0 aliphatic heterocycles. The van der Waals surface area contributed by atoms with Crippen LogP contribution in [-0.2, 0) is 5.41 Å². The minimum Gasteiger partial charge on any atom is -0.258 e. The Morgan fingerprint density at radius 3 is 1.43 bits per heavy atom. The number of rotatable bonds is 0. The van der Waals surface area contributed by atoms with Gasteiger partial charge >= 0.3 is 0 Å². The topological polar surface area (TPSA) is 12.9 Å². The molecule has 0 amide bonds. The Kier molecular flexibility index (Phi) is 2.71. The summed E-state index contributed by atoms with van der Waals surface area (Å²) in [6, 6.07) is 0. The van der Waals surface area contributed by atoms with Gasteiger partial charge in [-0.2, -0.15) is 0 Å². The lowest BCUT2D eigenvalue weighted by atomic mass is 9.80. The van der Waals surface area contributed by atoms with Gasteiger partial charge in [0.1, 0.15) is 0 Å². The fourth-order valence-corrected chi connectivity index (χ4v) is 2.19. The summed E-state index contributed by atoms with van der Waals surface area (Å²) in [6.45, 7) is 15.3. The zero-order valence-corrected chi connectivity index (χ0v) is 10.4. The average molecular weight is 191 g/mol. The molecule has 0 saturated heterocycles. The van der Waals surface area contributed by atoms with E-state index in [9.17, 15) is 0 Å². The van der Waals surface area contributed by atoms with E-state index in [4.69, 9.17) is 0 Å². The van der Waals surface area contributed by atoms with Crippen molar-refractivity contribution in [2.75, 3.05) is 0 Å². The predicted octanol–water partition coefficient (Wildman–Crippen LogP) is 3.61. The number of pyridine rings is 1. The van der Waals surface area contributed by atoms with Gasteiger partial charge in [0.15, 0.2) is 0 Å². The molecule has 0 aliphatic carbocycles. The molecule has 1 rings (SSSR count). The van der Waals surface area contributed by atoms with Crippen LogP contribution in [0.4, 0.5) is 0 Å². The minimum absolute atomic E-state index is 0.215. The quantitative estimate of drug-likeness (QED) is 0.610. The number of aromatic nitrogens is 1. The summed E-state index contributed by atoms with van der Waals surface area (Å²) in [6.07, 6.45) is 0. The summed E-state index contributed by atoms with van der Waals surface area (Å²) < 4.78 is 0. The van der Waals surface area contributed by atoms with Crippen LogP contribution in [0.1, 0.15) is 48.8 Å². The van der Waals surface area contributed by atoms with E-state index in [1.165, 1.54) is 16.7 Å². The van der Waals surface area contributed by atoms with Gasteiger partial charge in [-0.25, -0.2) is 0 Å². The van der Waals surface area contributed by atoms with Gasteiger partial charge in [0.2, 0.25) is 0 Å². The summed E-state index contributed by atoms with van der Waals surface area (Å²) in [5, 5.41) is 0. The molecule has 1 heteroatoms. The molecule has 1 heterocycles. The van der Waals surface area contributed by atoms with Crippen molar-refractivity contribution in [1.82, 2.24) is 4.98 Å². The Bertz CT molecular complexity index is 330. The zero-order chi connectivity index (χ0) is 11.1. The number of nitrogens with zero attached hydrogens (tertiary/aromatic N) is 1. The van der Waals surface area contributed by atoms with Crippen LogP contribution in [0.25, 0.3) is 0 Å². The Hall–Kier alpha value is -0.850. The standard InChI is InChI=1S/C13H21N/c1-8-10(3)14-11(4)9(2)12(8)13(5,6)7/h1-7H3. The summed E-state index contributed by atoms with van der Waals surface area (Å²) >= 11 is 0. The first-order chi connectivity index (χ1) is 6.25. The van der Waals surface area contributed by atoms with Gasteiger partial charge in [0.25, 0.3) is 0 Å². The van der Waals surface area contributed by atoms with Crippen LogP contribution < -0.4 is 0 Å². The van der Waals surface area contributed by atoms with Crippen LogP contribution in [0, 0.1) is 27.7 Å². The summed E-state index contributed by atoms with van der Waals surface area (Å²) in [5.74, 6) is 0. The molecule has 0 saturated carbocycles. The minimum atomic E-state index is 0.215. The van der Waals surface area contributed by atoms with Gasteiger partial charge < -0.3 is 0 Å². The fourth-order valence-electron chi connectivity index (χ4n) is 2.19. The maximum Gasteiger partial charge on any atom is 0.0408 e. The molecule has 14 heavy (non-hydrogen) atoms. The van der Waals surface area contributed by atoms with Crippen LogP contribution >= 0.6 is 0 Å². The summed E-state index contributed by atoms with van der Waals surface area (Å²) in [5.41, 5.74) is 6.70. The van der Waals surface area contributed by atoms with Crippen LogP contribution in [-0.4, -0.2) is 4.98 Å². The second-order valence-corrected chi connectivity index (χ2v) is 5.16. The van der Waals surface area contributed by atoms with Gasteiger partial charge in [0.05, 0.1) is 0 Å². The molecule has 0 radical (unpaired) electrons. The third-order valence-corrected chi connectivity index (χ3v) is 2.92. The molecule has 0 bridgehead atoms. The Balaban J connectivity index is 3.56. The van der Waals surface area contributed by atoms with E-state index in [1.54, 1.807) is 0 Å². The second-order valence-electron chi connectivity index (χ2n) is 5.16. The molecule has 0 fully saturated rings. The van der Waals surface area contributed by atoms with Crippen molar-refractivity contribution in [2.45, 2.75) is 53.9 Å². The van der Waals surface area contributed by atoms with Crippen LogP contribution in [0.3, 0.4) is 0 Å². The van der Waals surface area contributed by atoms with Crippen LogP contribution in [0.5, 0.6) is 0 Å². The molecule has 1 nitrogen and oxygen atoms in total. The van der Waals surface area contributed by atoms with Gasteiger partial charge in [0, 0.05) is 11.4 Å². The smallest absolute Gasteiger partial charge is 0.0408 e. The van der Waals surface area contributed by atoms with E-state index in [0.29, 0.717) is 0 Å². The maximum absolute atomic E-state index is 4.55. The fraction of sp³-hybridized carbons (Fsp3) is 0.615. The SMILES string of the molecule is Cc1nc(C)c(C)c(C(C)(C)C)c1C. The van der Waals surface area contributed by atoms with E-state index in [2.05, 4.69) is 53.5 Å². The lowest BCUT2D eigenvalue weighted by Crippen LogP contribution is -2.17. The highest BCUT2D eigenvalue weighted by Gasteiger charge is 2.21. The third kappa shape index (κ3) is 1.82. The molecule has 78 valence electrons. The molecule has 0 N–H and O–H groups in total. The number of hydrogen-bond acceptors (Lipinski definition) is 1.